The van der Waals surface area contributed by atoms with E-state index in [1.54, 1.807) is 4.90 Å². The second-order valence-electron chi connectivity index (χ2n) is 7.28. The summed E-state index contributed by atoms with van der Waals surface area (Å²) >= 11 is 0. The van der Waals surface area contributed by atoms with Crippen molar-refractivity contribution in [2.24, 2.45) is 5.92 Å². The molecule has 0 radical (unpaired) electrons. The van der Waals surface area contributed by atoms with E-state index in [1.807, 2.05) is 11.9 Å². The summed E-state index contributed by atoms with van der Waals surface area (Å²) in [4.78, 5) is 20.9. The average molecular weight is 377 g/mol. The molecule has 1 N–H and O–H groups in total. The number of amides is 1. The lowest BCUT2D eigenvalue weighted by Gasteiger charge is -2.36. The average Bonchev–Trinajstić information content (AvgIpc) is 3.05. The molecule has 2 aromatic rings. The van der Waals surface area contributed by atoms with E-state index in [0.29, 0.717) is 37.4 Å². The van der Waals surface area contributed by atoms with Crippen molar-refractivity contribution < 1.29 is 23.1 Å². The van der Waals surface area contributed by atoms with E-state index < -0.39 is 23.7 Å². The fraction of sp³-hybridized carbons (Fsp3) is 0.474. The van der Waals surface area contributed by atoms with Gasteiger partial charge in [0.15, 0.2) is 0 Å². The van der Waals surface area contributed by atoms with Crippen LogP contribution < -0.4 is 0 Å². The first kappa shape index (κ1) is 18.1. The number of carbonyl (C=O) groups is 1. The number of oxazole rings is 1. The van der Waals surface area contributed by atoms with Crippen LogP contribution in [0.4, 0.5) is 8.78 Å². The predicted octanol–water partition coefficient (Wildman–Crippen LogP) is 1.82. The van der Waals surface area contributed by atoms with E-state index in [2.05, 4.69) is 4.98 Å². The van der Waals surface area contributed by atoms with Gasteiger partial charge < -0.3 is 19.3 Å². The summed E-state index contributed by atoms with van der Waals surface area (Å²) in [5.41, 5.74) is 0.817. The standard InChI is InChI=1S/C19H21F2N3O3/c1-23-4-2-16(25)14(9-23)19(26)24-5-3-17-15(10-24)22-18(27-17)11-6-12(20)8-13(21)7-11/h6-8,14,16,25H,2-5,9-10H2,1H3/t14-,16+/m1/s1. The van der Waals surface area contributed by atoms with Crippen molar-refractivity contribution in [2.45, 2.75) is 25.5 Å². The molecule has 0 saturated carbocycles. The maximum Gasteiger partial charge on any atom is 0.229 e. The summed E-state index contributed by atoms with van der Waals surface area (Å²) < 4.78 is 32.6. The van der Waals surface area contributed by atoms with Gasteiger partial charge in [-0.2, -0.15) is 0 Å². The van der Waals surface area contributed by atoms with Crippen LogP contribution in [0.5, 0.6) is 0 Å². The van der Waals surface area contributed by atoms with Crippen molar-refractivity contribution in [2.75, 3.05) is 26.7 Å². The number of aliphatic hydroxyl groups is 1. The summed E-state index contributed by atoms with van der Waals surface area (Å²) in [6, 6.07) is 3.12. The number of hydrogen-bond acceptors (Lipinski definition) is 5. The van der Waals surface area contributed by atoms with E-state index in [1.165, 1.54) is 0 Å². The van der Waals surface area contributed by atoms with Crippen LogP contribution in [-0.2, 0) is 17.8 Å². The quantitative estimate of drug-likeness (QED) is 0.865. The number of aliphatic hydroxyl groups excluding tert-OH is 1. The third-order valence-electron chi connectivity index (χ3n) is 5.25. The van der Waals surface area contributed by atoms with Gasteiger partial charge in [0.25, 0.3) is 0 Å². The Kier molecular flexibility index (Phi) is 4.69. The Labute approximate surface area is 155 Å². The van der Waals surface area contributed by atoms with Crippen LogP contribution in [0, 0.1) is 17.6 Å². The number of fused-ring (bicyclic) bond motifs is 1. The van der Waals surface area contributed by atoms with Gasteiger partial charge in [-0.1, -0.05) is 0 Å². The van der Waals surface area contributed by atoms with Gasteiger partial charge in [-0.3, -0.25) is 4.79 Å². The minimum absolute atomic E-state index is 0.0962. The Hall–Kier alpha value is -2.32. The molecule has 1 fully saturated rings. The highest BCUT2D eigenvalue weighted by Gasteiger charge is 2.36. The van der Waals surface area contributed by atoms with Gasteiger partial charge in [0.2, 0.25) is 11.8 Å². The summed E-state index contributed by atoms with van der Waals surface area (Å²) in [5, 5.41) is 10.2. The molecule has 0 aliphatic carbocycles. The number of nitrogens with zero attached hydrogens (tertiary/aromatic N) is 3. The second kappa shape index (κ2) is 7.01. The highest BCUT2D eigenvalue weighted by Crippen LogP contribution is 2.29. The molecule has 4 rings (SSSR count). The zero-order valence-corrected chi connectivity index (χ0v) is 15.0. The van der Waals surface area contributed by atoms with Crippen LogP contribution in [0.15, 0.2) is 22.6 Å². The summed E-state index contributed by atoms with van der Waals surface area (Å²) in [5.74, 6) is -1.18. The third-order valence-corrected chi connectivity index (χ3v) is 5.25. The zero-order valence-electron chi connectivity index (χ0n) is 15.0. The molecule has 27 heavy (non-hydrogen) atoms. The Morgan fingerprint density at radius 1 is 1.26 bits per heavy atom. The predicted molar refractivity (Wildman–Crippen MR) is 92.6 cm³/mol. The minimum atomic E-state index is -0.701. The van der Waals surface area contributed by atoms with Crippen molar-refractivity contribution in [3.05, 3.63) is 41.3 Å². The SMILES string of the molecule is CN1CC[C@H](O)[C@H](C(=O)N2CCc3oc(-c4cc(F)cc(F)c4)nc3C2)C1. The van der Waals surface area contributed by atoms with Crippen LogP contribution in [0.1, 0.15) is 17.9 Å². The van der Waals surface area contributed by atoms with Gasteiger partial charge >= 0.3 is 0 Å². The molecule has 144 valence electrons. The maximum atomic E-state index is 13.4. The Morgan fingerprint density at radius 2 is 2.00 bits per heavy atom. The van der Waals surface area contributed by atoms with Crippen molar-refractivity contribution in [3.63, 3.8) is 0 Å². The number of halogens is 2. The van der Waals surface area contributed by atoms with Crippen LogP contribution in [0.2, 0.25) is 0 Å². The van der Waals surface area contributed by atoms with Gasteiger partial charge in [0.05, 0.1) is 18.6 Å². The Balaban J connectivity index is 1.53. The molecular formula is C19H21F2N3O3. The van der Waals surface area contributed by atoms with Gasteiger partial charge in [-0.05, 0) is 25.6 Å². The van der Waals surface area contributed by atoms with Crippen LogP contribution >= 0.6 is 0 Å². The number of likely N-dealkylation sites (tertiary alicyclic amines) is 1. The van der Waals surface area contributed by atoms with Crippen LogP contribution in [0.25, 0.3) is 11.5 Å². The third kappa shape index (κ3) is 3.59. The van der Waals surface area contributed by atoms with Crippen LogP contribution in [0.3, 0.4) is 0 Å². The van der Waals surface area contributed by atoms with Gasteiger partial charge in [-0.15, -0.1) is 0 Å². The number of piperidine rings is 1. The summed E-state index contributed by atoms with van der Waals surface area (Å²) in [6.45, 7) is 2.02. The molecule has 0 unspecified atom stereocenters. The molecule has 2 aliphatic heterocycles. The fourth-order valence-corrected chi connectivity index (χ4v) is 3.77. The highest BCUT2D eigenvalue weighted by molar-refractivity contribution is 5.80. The van der Waals surface area contributed by atoms with Gasteiger partial charge in [0, 0.05) is 37.7 Å². The Bertz CT molecular complexity index is 850. The van der Waals surface area contributed by atoms with E-state index in [4.69, 9.17) is 4.42 Å². The molecule has 1 aromatic heterocycles. The zero-order chi connectivity index (χ0) is 19.1. The second-order valence-corrected chi connectivity index (χ2v) is 7.28. The first-order valence-electron chi connectivity index (χ1n) is 9.01. The first-order valence-corrected chi connectivity index (χ1v) is 9.01. The molecule has 0 bridgehead atoms. The van der Waals surface area contributed by atoms with Crippen molar-refractivity contribution >= 4 is 5.91 Å². The smallest absolute Gasteiger partial charge is 0.229 e. The molecule has 3 heterocycles. The van der Waals surface area contributed by atoms with Crippen molar-refractivity contribution in [1.29, 1.82) is 0 Å². The molecule has 1 amide bonds. The lowest BCUT2D eigenvalue weighted by molar-refractivity contribution is -0.143. The number of benzene rings is 1. The minimum Gasteiger partial charge on any atom is -0.441 e. The molecule has 6 nitrogen and oxygen atoms in total. The van der Waals surface area contributed by atoms with Crippen molar-refractivity contribution in [3.8, 4) is 11.5 Å². The maximum absolute atomic E-state index is 13.4. The van der Waals surface area contributed by atoms with Gasteiger partial charge in [-0.25, -0.2) is 13.8 Å². The number of aromatic nitrogens is 1. The van der Waals surface area contributed by atoms with E-state index in [-0.39, 0.29) is 23.9 Å². The topological polar surface area (TPSA) is 69.8 Å². The number of rotatable bonds is 2. The summed E-state index contributed by atoms with van der Waals surface area (Å²) in [6.07, 6.45) is 0.411. The van der Waals surface area contributed by atoms with E-state index in [9.17, 15) is 18.7 Å². The molecular weight excluding hydrogens is 356 g/mol. The molecule has 8 heteroatoms. The lowest BCUT2D eigenvalue weighted by atomic mass is 9.93. The molecule has 2 aliphatic rings. The molecule has 1 saturated heterocycles. The fourth-order valence-electron chi connectivity index (χ4n) is 3.77. The molecule has 1 aromatic carbocycles. The molecule has 0 spiro atoms. The highest BCUT2D eigenvalue weighted by atomic mass is 19.1. The number of hydrogen-bond donors (Lipinski definition) is 1. The van der Waals surface area contributed by atoms with Crippen LogP contribution in [-0.4, -0.2) is 58.6 Å². The van der Waals surface area contributed by atoms with E-state index in [0.717, 1.165) is 24.7 Å². The normalized spacial score (nSPS) is 23.3. The number of carbonyl (C=O) groups excluding carboxylic acids is 1. The first-order chi connectivity index (χ1) is 12.9. The lowest BCUT2D eigenvalue weighted by Crippen LogP contribution is -2.50. The largest absolute Gasteiger partial charge is 0.441 e. The van der Waals surface area contributed by atoms with Crippen molar-refractivity contribution in [1.82, 2.24) is 14.8 Å². The van der Waals surface area contributed by atoms with Gasteiger partial charge in [0.1, 0.15) is 23.1 Å². The summed E-state index contributed by atoms with van der Waals surface area (Å²) in [7, 11) is 1.93. The molecule has 2 atom stereocenters. The Morgan fingerprint density at radius 3 is 2.74 bits per heavy atom. The monoisotopic (exact) mass is 377 g/mol. The van der Waals surface area contributed by atoms with E-state index >= 15 is 0 Å².